The minimum absolute atomic E-state index is 0.134. The normalized spacial score (nSPS) is 12.1. The molecule has 0 aliphatic carbocycles. The van der Waals surface area contributed by atoms with Crippen LogP contribution in [0.2, 0.25) is 0 Å². The third-order valence-corrected chi connectivity index (χ3v) is 3.69. The van der Waals surface area contributed by atoms with Gasteiger partial charge >= 0.3 is 0 Å². The molecule has 3 N–H and O–H groups in total. The van der Waals surface area contributed by atoms with Crippen LogP contribution in [0.5, 0.6) is 11.5 Å². The number of hydrogen-bond donors (Lipinski definition) is 3. The van der Waals surface area contributed by atoms with E-state index < -0.39 is 0 Å². The van der Waals surface area contributed by atoms with Crippen LogP contribution in [0.3, 0.4) is 0 Å². The van der Waals surface area contributed by atoms with Crippen LogP contribution in [0.1, 0.15) is 28.2 Å². The van der Waals surface area contributed by atoms with Crippen molar-refractivity contribution in [3.63, 3.8) is 0 Å². The maximum absolute atomic E-state index is 11.9. The minimum Gasteiger partial charge on any atom is -0.504 e. The number of amides is 1. The van der Waals surface area contributed by atoms with E-state index in [1.54, 1.807) is 17.5 Å². The highest BCUT2D eigenvalue weighted by Crippen LogP contribution is 2.24. The Morgan fingerprint density at radius 2 is 2.21 bits per heavy atom. The standard InChI is InChI=1S/C13H14N2O3S/c1-8(13-14-4-5-19-13)7-15-12(18)9-2-3-10(16)11(17)6-9/h2-6,8,16-17H,7H2,1H3,(H,15,18). The monoisotopic (exact) mass is 278 g/mol. The molecule has 2 rings (SSSR count). The van der Waals surface area contributed by atoms with Crippen LogP contribution in [0, 0.1) is 0 Å². The summed E-state index contributed by atoms with van der Waals surface area (Å²) in [6, 6.07) is 3.98. The fourth-order valence-electron chi connectivity index (χ4n) is 1.58. The second-order valence-electron chi connectivity index (χ2n) is 4.18. The van der Waals surface area contributed by atoms with Crippen LogP contribution in [0.4, 0.5) is 0 Å². The molecule has 0 aliphatic heterocycles. The van der Waals surface area contributed by atoms with Gasteiger partial charge in [-0.3, -0.25) is 4.79 Å². The molecule has 19 heavy (non-hydrogen) atoms. The molecule has 1 atom stereocenters. The van der Waals surface area contributed by atoms with Crippen molar-refractivity contribution in [2.45, 2.75) is 12.8 Å². The Morgan fingerprint density at radius 3 is 2.84 bits per heavy atom. The summed E-state index contributed by atoms with van der Waals surface area (Å²) in [5.41, 5.74) is 0.307. The third kappa shape index (κ3) is 3.23. The Kier molecular flexibility index (Phi) is 4.01. The van der Waals surface area contributed by atoms with Crippen LogP contribution in [0.15, 0.2) is 29.8 Å². The summed E-state index contributed by atoms with van der Waals surface area (Å²) in [5.74, 6) is -0.707. The largest absolute Gasteiger partial charge is 0.504 e. The molecule has 0 fully saturated rings. The summed E-state index contributed by atoms with van der Waals surface area (Å²) < 4.78 is 0. The Morgan fingerprint density at radius 1 is 1.42 bits per heavy atom. The van der Waals surface area contributed by atoms with Gasteiger partial charge in [0.2, 0.25) is 0 Å². The summed E-state index contributed by atoms with van der Waals surface area (Å²) >= 11 is 1.55. The number of nitrogens with one attached hydrogen (secondary N) is 1. The van der Waals surface area contributed by atoms with Crippen molar-refractivity contribution in [2.24, 2.45) is 0 Å². The number of aromatic nitrogens is 1. The lowest BCUT2D eigenvalue weighted by Crippen LogP contribution is -2.27. The Hall–Kier alpha value is -2.08. The molecular weight excluding hydrogens is 264 g/mol. The summed E-state index contributed by atoms with van der Waals surface area (Å²) in [4.78, 5) is 16.0. The number of carbonyl (C=O) groups excluding carboxylic acids is 1. The minimum atomic E-state index is -0.305. The lowest BCUT2D eigenvalue weighted by atomic mass is 10.1. The smallest absolute Gasteiger partial charge is 0.251 e. The average molecular weight is 278 g/mol. The van der Waals surface area contributed by atoms with E-state index in [2.05, 4.69) is 10.3 Å². The zero-order valence-electron chi connectivity index (χ0n) is 10.3. The van der Waals surface area contributed by atoms with E-state index >= 15 is 0 Å². The van der Waals surface area contributed by atoms with E-state index in [0.29, 0.717) is 12.1 Å². The molecule has 6 heteroatoms. The maximum Gasteiger partial charge on any atom is 0.251 e. The Bertz CT molecular complexity index is 569. The van der Waals surface area contributed by atoms with Gasteiger partial charge in [0.15, 0.2) is 11.5 Å². The van der Waals surface area contributed by atoms with Gasteiger partial charge in [-0.15, -0.1) is 11.3 Å². The van der Waals surface area contributed by atoms with Gasteiger partial charge in [-0.2, -0.15) is 0 Å². The zero-order chi connectivity index (χ0) is 13.8. The molecule has 0 saturated heterocycles. The average Bonchev–Trinajstić information content (AvgIpc) is 2.92. The van der Waals surface area contributed by atoms with Crippen molar-refractivity contribution in [1.29, 1.82) is 0 Å². The highest BCUT2D eigenvalue weighted by atomic mass is 32.1. The van der Waals surface area contributed by atoms with Crippen LogP contribution in [-0.4, -0.2) is 27.6 Å². The molecule has 1 unspecified atom stereocenters. The van der Waals surface area contributed by atoms with E-state index in [4.69, 9.17) is 0 Å². The number of phenols is 2. The summed E-state index contributed by atoms with van der Waals surface area (Å²) in [5, 5.41) is 24.1. The number of phenolic OH excluding ortho intramolecular Hbond substituents is 2. The highest BCUT2D eigenvalue weighted by molar-refractivity contribution is 7.09. The van der Waals surface area contributed by atoms with E-state index in [9.17, 15) is 15.0 Å². The highest BCUT2D eigenvalue weighted by Gasteiger charge is 2.12. The molecule has 0 spiro atoms. The Balaban J connectivity index is 1.96. The topological polar surface area (TPSA) is 82.5 Å². The molecule has 100 valence electrons. The van der Waals surface area contributed by atoms with Gasteiger partial charge in [0.05, 0.1) is 5.01 Å². The number of rotatable bonds is 4. The van der Waals surface area contributed by atoms with Crippen molar-refractivity contribution in [3.05, 3.63) is 40.3 Å². The maximum atomic E-state index is 11.9. The van der Waals surface area contributed by atoms with Gasteiger partial charge in [0.1, 0.15) is 0 Å². The summed E-state index contributed by atoms with van der Waals surface area (Å²) in [7, 11) is 0. The number of hydrogen-bond acceptors (Lipinski definition) is 5. The fraction of sp³-hybridized carbons (Fsp3) is 0.231. The van der Waals surface area contributed by atoms with Crippen molar-refractivity contribution >= 4 is 17.2 Å². The molecule has 5 nitrogen and oxygen atoms in total. The fourth-order valence-corrected chi connectivity index (χ4v) is 2.28. The van der Waals surface area contributed by atoms with Crippen LogP contribution in [-0.2, 0) is 0 Å². The molecule has 1 aromatic carbocycles. The van der Waals surface area contributed by atoms with Crippen molar-refractivity contribution in [1.82, 2.24) is 10.3 Å². The van der Waals surface area contributed by atoms with Crippen LogP contribution >= 0.6 is 11.3 Å². The molecule has 0 saturated carbocycles. The van der Waals surface area contributed by atoms with Gasteiger partial charge in [0, 0.05) is 29.6 Å². The van der Waals surface area contributed by atoms with Gasteiger partial charge in [0.25, 0.3) is 5.91 Å². The second-order valence-corrected chi connectivity index (χ2v) is 5.11. The summed E-state index contributed by atoms with van der Waals surface area (Å²) in [6.45, 7) is 2.45. The van der Waals surface area contributed by atoms with E-state index in [0.717, 1.165) is 5.01 Å². The van der Waals surface area contributed by atoms with E-state index in [1.165, 1.54) is 18.2 Å². The Labute approximate surface area is 114 Å². The predicted molar refractivity (Wildman–Crippen MR) is 72.6 cm³/mol. The number of thiazole rings is 1. The van der Waals surface area contributed by atoms with E-state index in [-0.39, 0.29) is 23.3 Å². The second kappa shape index (κ2) is 5.71. The van der Waals surface area contributed by atoms with E-state index in [1.807, 2.05) is 12.3 Å². The zero-order valence-corrected chi connectivity index (χ0v) is 11.1. The molecule has 0 radical (unpaired) electrons. The molecule has 1 heterocycles. The van der Waals surface area contributed by atoms with Gasteiger partial charge in [-0.1, -0.05) is 6.92 Å². The molecule has 1 amide bonds. The van der Waals surface area contributed by atoms with Gasteiger partial charge < -0.3 is 15.5 Å². The quantitative estimate of drug-likeness (QED) is 0.748. The molecule has 2 aromatic rings. The first-order valence-electron chi connectivity index (χ1n) is 5.77. The molecule has 1 aromatic heterocycles. The number of carbonyl (C=O) groups is 1. The van der Waals surface area contributed by atoms with Crippen molar-refractivity contribution in [2.75, 3.05) is 6.54 Å². The lowest BCUT2D eigenvalue weighted by Gasteiger charge is -2.10. The van der Waals surface area contributed by atoms with Gasteiger partial charge in [-0.25, -0.2) is 4.98 Å². The first-order chi connectivity index (χ1) is 9.08. The first-order valence-corrected chi connectivity index (χ1v) is 6.65. The van der Waals surface area contributed by atoms with Gasteiger partial charge in [-0.05, 0) is 18.2 Å². The van der Waals surface area contributed by atoms with Crippen molar-refractivity contribution in [3.8, 4) is 11.5 Å². The SMILES string of the molecule is CC(CNC(=O)c1ccc(O)c(O)c1)c1nccs1. The predicted octanol–water partition coefficient (Wildman–Crippen LogP) is 2.09. The van der Waals surface area contributed by atoms with Crippen LogP contribution < -0.4 is 5.32 Å². The number of nitrogens with zero attached hydrogens (tertiary/aromatic N) is 1. The third-order valence-electron chi connectivity index (χ3n) is 2.68. The first kappa shape index (κ1) is 13.4. The lowest BCUT2D eigenvalue weighted by molar-refractivity contribution is 0.0951. The summed E-state index contributed by atoms with van der Waals surface area (Å²) in [6.07, 6.45) is 1.73. The van der Waals surface area contributed by atoms with Crippen LogP contribution in [0.25, 0.3) is 0 Å². The molecule has 0 aliphatic rings. The number of aromatic hydroxyl groups is 2. The number of benzene rings is 1. The molecule has 0 bridgehead atoms. The molecular formula is C13H14N2O3S. The van der Waals surface area contributed by atoms with Crippen molar-refractivity contribution < 1.29 is 15.0 Å².